The number of aromatic nitrogens is 2. The Morgan fingerprint density at radius 3 is 2.63 bits per heavy atom. The third-order valence-electron chi connectivity index (χ3n) is 5.86. The fraction of sp³-hybridized carbons (Fsp3) is 0.333. The third-order valence-corrected chi connectivity index (χ3v) is 5.86. The van der Waals surface area contributed by atoms with Crippen molar-refractivity contribution in [2.45, 2.75) is 18.3 Å². The molecule has 0 unspecified atom stereocenters. The molecule has 0 atom stereocenters. The summed E-state index contributed by atoms with van der Waals surface area (Å²) in [5.41, 5.74) is 1.33. The lowest BCUT2D eigenvalue weighted by Crippen LogP contribution is -2.51. The van der Waals surface area contributed by atoms with E-state index in [2.05, 4.69) is 14.9 Å². The molecule has 0 bridgehead atoms. The van der Waals surface area contributed by atoms with E-state index in [0.717, 1.165) is 48.2 Å². The van der Waals surface area contributed by atoms with Crippen molar-refractivity contribution < 1.29 is 9.18 Å². The van der Waals surface area contributed by atoms with Gasteiger partial charge in [-0.25, -0.2) is 9.37 Å². The van der Waals surface area contributed by atoms with Crippen molar-refractivity contribution in [2.24, 2.45) is 0 Å². The van der Waals surface area contributed by atoms with Crippen molar-refractivity contribution in [3.8, 4) is 0 Å². The van der Waals surface area contributed by atoms with E-state index >= 15 is 0 Å². The van der Waals surface area contributed by atoms with Gasteiger partial charge in [0, 0.05) is 49.5 Å². The summed E-state index contributed by atoms with van der Waals surface area (Å²) in [5.74, 6) is 0.863. The van der Waals surface area contributed by atoms with Crippen LogP contribution in [-0.4, -0.2) is 47.0 Å². The smallest absolute Gasteiger partial charge is 0.233 e. The number of hydrogen-bond donors (Lipinski definition) is 1. The monoisotopic (exact) mass is 364 g/mol. The Hall–Kier alpha value is -2.89. The van der Waals surface area contributed by atoms with Gasteiger partial charge in [-0.05, 0) is 48.7 Å². The lowest BCUT2D eigenvalue weighted by molar-refractivity contribution is -0.134. The van der Waals surface area contributed by atoms with Gasteiger partial charge < -0.3 is 14.8 Å². The number of rotatable bonds is 3. The van der Waals surface area contributed by atoms with Crippen molar-refractivity contribution in [3.05, 3.63) is 60.2 Å². The third kappa shape index (κ3) is 2.67. The SMILES string of the molecule is O=C(N1CCN(c2ccccn2)CC1)C1(c2c[nH]c3ccc(F)cc23)CC1. The topological polar surface area (TPSA) is 52.2 Å². The van der Waals surface area contributed by atoms with Crippen LogP contribution in [0.2, 0.25) is 0 Å². The number of halogens is 1. The zero-order chi connectivity index (χ0) is 18.4. The Labute approximate surface area is 156 Å². The normalized spacial score (nSPS) is 18.7. The number of fused-ring (bicyclic) bond motifs is 1. The number of nitrogens with one attached hydrogen (secondary N) is 1. The van der Waals surface area contributed by atoms with Crippen LogP contribution in [0.5, 0.6) is 0 Å². The summed E-state index contributed by atoms with van der Waals surface area (Å²) >= 11 is 0. The number of pyridine rings is 1. The van der Waals surface area contributed by atoms with Crippen molar-refractivity contribution in [1.29, 1.82) is 0 Å². The molecular formula is C21H21FN4O. The molecule has 1 N–H and O–H groups in total. The van der Waals surface area contributed by atoms with Crippen LogP contribution >= 0.6 is 0 Å². The molecule has 0 radical (unpaired) electrons. The maximum absolute atomic E-state index is 13.7. The summed E-state index contributed by atoms with van der Waals surface area (Å²) in [4.78, 5) is 25.1. The summed E-state index contributed by atoms with van der Waals surface area (Å²) < 4.78 is 13.7. The summed E-state index contributed by atoms with van der Waals surface area (Å²) in [6.07, 6.45) is 5.34. The maximum Gasteiger partial charge on any atom is 0.233 e. The molecule has 2 aromatic heterocycles. The van der Waals surface area contributed by atoms with E-state index < -0.39 is 5.41 Å². The standard InChI is InChI=1S/C21H21FN4O/c22-15-4-5-18-16(13-15)17(14-24-18)21(6-7-21)20(27)26-11-9-25(10-12-26)19-3-1-2-8-23-19/h1-5,8,13-14,24H,6-7,9-12H2. The van der Waals surface area contributed by atoms with E-state index in [1.54, 1.807) is 12.3 Å². The predicted octanol–water partition coefficient (Wildman–Crippen LogP) is 3.08. The number of amides is 1. The van der Waals surface area contributed by atoms with Crippen molar-refractivity contribution in [3.63, 3.8) is 0 Å². The lowest BCUT2D eigenvalue weighted by Gasteiger charge is -2.37. The molecule has 2 fully saturated rings. The Bertz CT molecular complexity index is 988. The molecule has 2 aliphatic rings. The average Bonchev–Trinajstić information content (AvgIpc) is 3.41. The number of benzene rings is 1. The first-order valence-corrected chi connectivity index (χ1v) is 9.40. The second-order valence-corrected chi connectivity index (χ2v) is 7.44. The summed E-state index contributed by atoms with van der Waals surface area (Å²) in [5, 5.41) is 0.827. The van der Waals surface area contributed by atoms with Gasteiger partial charge in [0.25, 0.3) is 0 Å². The predicted molar refractivity (Wildman–Crippen MR) is 102 cm³/mol. The Balaban J connectivity index is 1.36. The van der Waals surface area contributed by atoms with Gasteiger partial charge in [-0.1, -0.05) is 6.07 Å². The van der Waals surface area contributed by atoms with Gasteiger partial charge in [0.15, 0.2) is 0 Å². The van der Waals surface area contributed by atoms with E-state index in [1.807, 2.05) is 29.3 Å². The van der Waals surface area contributed by atoms with Crippen LogP contribution in [-0.2, 0) is 10.2 Å². The van der Waals surface area contributed by atoms with E-state index in [1.165, 1.54) is 12.1 Å². The summed E-state index contributed by atoms with van der Waals surface area (Å²) in [7, 11) is 0. The first-order chi connectivity index (χ1) is 13.2. The van der Waals surface area contributed by atoms with Crippen molar-refractivity contribution >= 4 is 22.6 Å². The minimum Gasteiger partial charge on any atom is -0.361 e. The number of aromatic amines is 1. The highest BCUT2D eigenvalue weighted by atomic mass is 19.1. The van der Waals surface area contributed by atoms with Crippen molar-refractivity contribution in [1.82, 2.24) is 14.9 Å². The summed E-state index contributed by atoms with van der Waals surface area (Å²) in [6.45, 7) is 2.93. The lowest BCUT2D eigenvalue weighted by atomic mass is 9.93. The Kier molecular flexibility index (Phi) is 3.67. The molecule has 138 valence electrons. The van der Waals surface area contributed by atoms with Gasteiger partial charge in [-0.3, -0.25) is 4.79 Å². The van der Waals surface area contributed by atoms with Gasteiger partial charge in [0.1, 0.15) is 11.6 Å². The number of carbonyl (C=O) groups excluding carboxylic acids is 1. The maximum atomic E-state index is 13.7. The minimum absolute atomic E-state index is 0.174. The van der Waals surface area contributed by atoms with Crippen LogP contribution in [0.1, 0.15) is 18.4 Å². The van der Waals surface area contributed by atoms with E-state index in [0.29, 0.717) is 13.1 Å². The van der Waals surface area contributed by atoms with Crippen LogP contribution in [0.4, 0.5) is 10.2 Å². The first-order valence-electron chi connectivity index (χ1n) is 9.40. The zero-order valence-corrected chi connectivity index (χ0v) is 15.0. The largest absolute Gasteiger partial charge is 0.361 e. The van der Waals surface area contributed by atoms with Crippen LogP contribution < -0.4 is 4.90 Å². The van der Waals surface area contributed by atoms with Gasteiger partial charge in [-0.2, -0.15) is 0 Å². The highest BCUT2D eigenvalue weighted by Crippen LogP contribution is 2.52. The molecule has 6 heteroatoms. The fourth-order valence-corrected chi connectivity index (χ4v) is 4.19. The molecule has 27 heavy (non-hydrogen) atoms. The zero-order valence-electron chi connectivity index (χ0n) is 15.0. The molecule has 3 aromatic rings. The molecular weight excluding hydrogens is 343 g/mol. The number of H-pyrrole nitrogens is 1. The molecule has 1 saturated carbocycles. The molecule has 1 aliphatic carbocycles. The number of anilines is 1. The molecule has 1 aromatic carbocycles. The summed E-state index contributed by atoms with van der Waals surface area (Å²) in [6, 6.07) is 10.6. The van der Waals surface area contributed by atoms with Gasteiger partial charge in [0.05, 0.1) is 5.41 Å². The van der Waals surface area contributed by atoms with Crippen molar-refractivity contribution in [2.75, 3.05) is 31.1 Å². The Morgan fingerprint density at radius 2 is 1.93 bits per heavy atom. The van der Waals surface area contributed by atoms with Crippen LogP contribution in [0.3, 0.4) is 0 Å². The molecule has 0 spiro atoms. The van der Waals surface area contributed by atoms with Gasteiger partial charge in [-0.15, -0.1) is 0 Å². The second-order valence-electron chi connectivity index (χ2n) is 7.44. The Morgan fingerprint density at radius 1 is 1.11 bits per heavy atom. The van der Waals surface area contributed by atoms with E-state index in [-0.39, 0.29) is 11.7 Å². The number of hydrogen-bond acceptors (Lipinski definition) is 3. The van der Waals surface area contributed by atoms with Crippen LogP contribution in [0.25, 0.3) is 10.9 Å². The number of nitrogens with zero attached hydrogens (tertiary/aromatic N) is 3. The van der Waals surface area contributed by atoms with Crippen LogP contribution in [0, 0.1) is 5.82 Å². The van der Waals surface area contributed by atoms with E-state index in [9.17, 15) is 9.18 Å². The van der Waals surface area contributed by atoms with Gasteiger partial charge in [0.2, 0.25) is 5.91 Å². The molecule has 1 saturated heterocycles. The number of piperazine rings is 1. The highest BCUT2D eigenvalue weighted by molar-refractivity contribution is 5.97. The molecule has 5 nitrogen and oxygen atoms in total. The van der Waals surface area contributed by atoms with E-state index in [4.69, 9.17) is 0 Å². The van der Waals surface area contributed by atoms with Crippen LogP contribution in [0.15, 0.2) is 48.8 Å². The van der Waals surface area contributed by atoms with Gasteiger partial charge >= 0.3 is 0 Å². The first kappa shape index (κ1) is 16.3. The molecule has 1 amide bonds. The molecule has 5 rings (SSSR count). The quantitative estimate of drug-likeness (QED) is 0.777. The molecule has 1 aliphatic heterocycles. The highest BCUT2D eigenvalue weighted by Gasteiger charge is 2.54. The molecule has 3 heterocycles. The average molecular weight is 364 g/mol. The fourth-order valence-electron chi connectivity index (χ4n) is 4.19. The minimum atomic E-state index is -0.487. The number of carbonyl (C=O) groups is 1. The second kappa shape index (κ2) is 6.08.